The van der Waals surface area contributed by atoms with Gasteiger partial charge in [0.25, 0.3) is 0 Å². The Hall–Kier alpha value is -3.36. The van der Waals surface area contributed by atoms with E-state index in [4.69, 9.17) is 4.74 Å². The highest BCUT2D eigenvalue weighted by Crippen LogP contribution is 2.38. The average molecular weight is 405 g/mol. The molecule has 1 heterocycles. The lowest BCUT2D eigenvalue weighted by atomic mass is 9.82. The smallest absolute Gasteiger partial charge is 0.135 e. The summed E-state index contributed by atoms with van der Waals surface area (Å²) in [6.07, 6.45) is 2.20. The van der Waals surface area contributed by atoms with E-state index in [2.05, 4.69) is 91.0 Å². The van der Waals surface area contributed by atoms with Crippen molar-refractivity contribution in [3.63, 3.8) is 0 Å². The van der Waals surface area contributed by atoms with Crippen molar-refractivity contribution in [3.8, 4) is 16.9 Å². The molecule has 2 nitrogen and oxygen atoms in total. The van der Waals surface area contributed by atoms with Crippen LogP contribution in [0.15, 0.2) is 97.1 Å². The second kappa shape index (κ2) is 7.72. The topological polar surface area (TPSA) is 13.7 Å². The molecule has 4 aromatic rings. The molecule has 152 valence electrons. The van der Waals surface area contributed by atoms with Crippen LogP contribution < -0.4 is 9.64 Å². The Balaban J connectivity index is 1.29. The first kappa shape index (κ1) is 18.4. The number of hydrogen-bond donors (Lipinski definition) is 1. The van der Waals surface area contributed by atoms with Crippen LogP contribution >= 0.6 is 0 Å². The second-order valence-corrected chi connectivity index (χ2v) is 8.62. The van der Waals surface area contributed by atoms with Gasteiger partial charge in [0.2, 0.25) is 0 Å². The summed E-state index contributed by atoms with van der Waals surface area (Å²) in [5, 5.41) is 0. The molecule has 0 saturated carbocycles. The second-order valence-electron chi connectivity index (χ2n) is 8.62. The molecule has 0 fully saturated rings. The Kier molecular flexibility index (Phi) is 4.58. The summed E-state index contributed by atoms with van der Waals surface area (Å²) < 4.78 is 6.09. The number of nitrogens with one attached hydrogen (secondary N) is 1. The predicted octanol–water partition coefficient (Wildman–Crippen LogP) is 5.30. The summed E-state index contributed by atoms with van der Waals surface area (Å²) in [5.41, 5.74) is 9.82. The zero-order valence-electron chi connectivity index (χ0n) is 17.6. The molecule has 0 radical (unpaired) electrons. The van der Waals surface area contributed by atoms with Gasteiger partial charge in [0.1, 0.15) is 24.1 Å². The molecular formula is C29H26NO+. The Labute approximate surface area is 183 Å². The molecule has 0 aromatic heterocycles. The standard InChI is InChI=1S/C29H25NO/c1-2-8-21(9-3-1)20-31-24-14-15-28-23(18-24)16-17-30(28)29-19-22-10-4-5-11-25(22)26-12-6-7-13-27(26)29/h1-15,18,29H,16-17,19-20H2/p+1. The Morgan fingerprint density at radius 1 is 0.742 bits per heavy atom. The predicted molar refractivity (Wildman–Crippen MR) is 125 cm³/mol. The van der Waals surface area contributed by atoms with Crippen LogP contribution in [0.1, 0.15) is 28.3 Å². The fourth-order valence-corrected chi connectivity index (χ4v) is 5.33. The van der Waals surface area contributed by atoms with Gasteiger partial charge >= 0.3 is 0 Å². The Bertz CT molecular complexity index is 1230. The van der Waals surface area contributed by atoms with Gasteiger partial charge in [-0.3, -0.25) is 4.90 Å². The van der Waals surface area contributed by atoms with Crippen LogP contribution in [0.5, 0.6) is 5.75 Å². The van der Waals surface area contributed by atoms with Gasteiger partial charge in [-0.15, -0.1) is 0 Å². The minimum Gasteiger partial charge on any atom is -0.489 e. The number of quaternary nitrogens is 1. The summed E-state index contributed by atoms with van der Waals surface area (Å²) in [4.78, 5) is 1.59. The molecule has 31 heavy (non-hydrogen) atoms. The van der Waals surface area contributed by atoms with Crippen LogP contribution in [0.25, 0.3) is 11.1 Å². The quantitative estimate of drug-likeness (QED) is 0.487. The van der Waals surface area contributed by atoms with E-state index in [9.17, 15) is 0 Å². The molecule has 1 aliphatic heterocycles. The molecule has 2 heteroatoms. The normalized spacial score (nSPS) is 18.7. The zero-order chi connectivity index (χ0) is 20.6. The average Bonchev–Trinajstić information content (AvgIpc) is 3.26. The minimum atomic E-state index is 0.462. The van der Waals surface area contributed by atoms with Gasteiger partial charge in [-0.2, -0.15) is 0 Å². The number of rotatable bonds is 4. The fraction of sp³-hybridized carbons (Fsp3) is 0.172. The molecule has 4 aromatic carbocycles. The first-order valence-electron chi connectivity index (χ1n) is 11.2. The van der Waals surface area contributed by atoms with Crippen LogP contribution in [0.4, 0.5) is 5.69 Å². The van der Waals surface area contributed by atoms with Crippen molar-refractivity contribution in [3.05, 3.63) is 119 Å². The van der Waals surface area contributed by atoms with Crippen LogP contribution in [0, 0.1) is 0 Å². The van der Waals surface area contributed by atoms with Crippen LogP contribution in [-0.4, -0.2) is 6.54 Å². The van der Waals surface area contributed by atoms with E-state index in [1.54, 1.807) is 4.90 Å². The molecule has 0 spiro atoms. The molecule has 0 saturated heterocycles. The monoisotopic (exact) mass is 404 g/mol. The van der Waals surface area contributed by atoms with Crippen molar-refractivity contribution in [2.45, 2.75) is 25.5 Å². The molecule has 6 rings (SSSR count). The third-order valence-electron chi connectivity index (χ3n) is 6.82. The summed E-state index contributed by atoms with van der Waals surface area (Å²) >= 11 is 0. The Morgan fingerprint density at radius 2 is 1.52 bits per heavy atom. The molecule has 0 bridgehead atoms. The molecule has 2 unspecified atom stereocenters. The molecule has 1 N–H and O–H groups in total. The maximum Gasteiger partial charge on any atom is 0.135 e. The number of fused-ring (bicyclic) bond motifs is 4. The first-order chi connectivity index (χ1) is 15.4. The minimum absolute atomic E-state index is 0.462. The zero-order valence-corrected chi connectivity index (χ0v) is 17.6. The highest BCUT2D eigenvalue weighted by molar-refractivity contribution is 5.73. The van der Waals surface area contributed by atoms with Gasteiger partial charge in [0.05, 0.1) is 6.54 Å². The molecule has 1 aliphatic carbocycles. The molecule has 2 atom stereocenters. The van der Waals surface area contributed by atoms with E-state index in [1.165, 1.54) is 39.1 Å². The highest BCUT2D eigenvalue weighted by Gasteiger charge is 2.37. The fourth-order valence-electron chi connectivity index (χ4n) is 5.33. The molecule has 0 amide bonds. The number of benzene rings is 4. The van der Waals surface area contributed by atoms with Gasteiger partial charge in [0, 0.05) is 30.0 Å². The van der Waals surface area contributed by atoms with E-state index in [0.29, 0.717) is 12.6 Å². The molecular weight excluding hydrogens is 378 g/mol. The van der Waals surface area contributed by atoms with Gasteiger partial charge in [-0.05, 0) is 34.4 Å². The van der Waals surface area contributed by atoms with Gasteiger partial charge in [0.15, 0.2) is 0 Å². The third-order valence-corrected chi connectivity index (χ3v) is 6.82. The van der Waals surface area contributed by atoms with Gasteiger partial charge in [-0.25, -0.2) is 0 Å². The van der Waals surface area contributed by atoms with Crippen molar-refractivity contribution >= 4 is 5.69 Å². The summed E-state index contributed by atoms with van der Waals surface area (Å²) in [6.45, 7) is 1.75. The van der Waals surface area contributed by atoms with Crippen molar-refractivity contribution in [2.24, 2.45) is 0 Å². The van der Waals surface area contributed by atoms with Gasteiger partial charge < -0.3 is 4.74 Å². The SMILES string of the molecule is c1ccc(COc2ccc3c(c2)CC[NH+]3C2Cc3ccccc3-c3ccccc32)cc1. The highest BCUT2D eigenvalue weighted by atomic mass is 16.5. The van der Waals surface area contributed by atoms with Crippen molar-refractivity contribution < 1.29 is 9.64 Å². The maximum atomic E-state index is 6.09. The van der Waals surface area contributed by atoms with E-state index in [0.717, 1.165) is 25.1 Å². The van der Waals surface area contributed by atoms with Crippen molar-refractivity contribution in [1.29, 1.82) is 0 Å². The van der Waals surface area contributed by atoms with Crippen LogP contribution in [-0.2, 0) is 19.4 Å². The van der Waals surface area contributed by atoms with E-state index in [-0.39, 0.29) is 0 Å². The lowest BCUT2D eigenvalue weighted by Crippen LogP contribution is -3.06. The van der Waals surface area contributed by atoms with Gasteiger partial charge in [-0.1, -0.05) is 78.9 Å². The van der Waals surface area contributed by atoms with E-state index >= 15 is 0 Å². The third kappa shape index (κ3) is 3.34. The molecule has 2 aliphatic rings. The first-order valence-corrected chi connectivity index (χ1v) is 11.2. The lowest BCUT2D eigenvalue weighted by molar-refractivity contribution is -0.861. The Morgan fingerprint density at radius 3 is 2.42 bits per heavy atom. The largest absolute Gasteiger partial charge is 0.489 e. The lowest BCUT2D eigenvalue weighted by Gasteiger charge is -2.32. The summed E-state index contributed by atoms with van der Waals surface area (Å²) in [7, 11) is 0. The van der Waals surface area contributed by atoms with E-state index in [1.807, 2.05) is 6.07 Å². The summed E-state index contributed by atoms with van der Waals surface area (Å²) in [5.74, 6) is 0.971. The van der Waals surface area contributed by atoms with Crippen molar-refractivity contribution in [1.82, 2.24) is 0 Å². The van der Waals surface area contributed by atoms with E-state index < -0.39 is 0 Å². The van der Waals surface area contributed by atoms with Crippen LogP contribution in [0.3, 0.4) is 0 Å². The maximum absolute atomic E-state index is 6.09. The number of ether oxygens (including phenoxy) is 1. The summed E-state index contributed by atoms with van der Waals surface area (Å²) in [6, 6.07) is 35.4. The number of hydrogen-bond acceptors (Lipinski definition) is 1. The van der Waals surface area contributed by atoms with Crippen LogP contribution in [0.2, 0.25) is 0 Å². The van der Waals surface area contributed by atoms with Crippen molar-refractivity contribution in [2.75, 3.05) is 6.54 Å².